The van der Waals surface area contributed by atoms with Crippen LogP contribution in [0.25, 0.3) is 11.0 Å². The molecular formula is C22H17ClN2O4S. The largest absolute Gasteiger partial charge is 0.479 e. The number of hydrogen-bond donors (Lipinski definition) is 0. The second-order valence-electron chi connectivity index (χ2n) is 6.36. The van der Waals surface area contributed by atoms with E-state index in [-0.39, 0.29) is 6.61 Å². The van der Waals surface area contributed by atoms with Crippen LogP contribution in [0.5, 0.6) is 17.4 Å². The van der Waals surface area contributed by atoms with Crippen molar-refractivity contribution in [1.29, 1.82) is 0 Å². The number of fused-ring (bicyclic) bond motifs is 1. The molecule has 0 spiro atoms. The Hall–Kier alpha value is -3.16. The van der Waals surface area contributed by atoms with Gasteiger partial charge in [-0.05, 0) is 60.8 Å². The molecule has 2 aromatic heterocycles. The molecule has 4 rings (SSSR count). The lowest BCUT2D eigenvalue weighted by Crippen LogP contribution is -2.25. The maximum atomic E-state index is 12.1. The van der Waals surface area contributed by atoms with Gasteiger partial charge in [-0.15, -0.1) is 11.3 Å². The first-order chi connectivity index (χ1) is 14.6. The molecule has 4 aromatic rings. The van der Waals surface area contributed by atoms with Crippen LogP contribution in [-0.4, -0.2) is 22.0 Å². The molecule has 0 aliphatic rings. The zero-order chi connectivity index (χ0) is 20.9. The van der Waals surface area contributed by atoms with Gasteiger partial charge in [0, 0.05) is 9.90 Å². The van der Waals surface area contributed by atoms with Crippen LogP contribution in [-0.2, 0) is 16.1 Å². The lowest BCUT2D eigenvalue weighted by molar-refractivity contribution is -0.152. The van der Waals surface area contributed by atoms with Crippen LogP contribution in [0.1, 0.15) is 11.8 Å². The normalized spacial score (nSPS) is 11.8. The molecule has 1 atom stereocenters. The molecule has 0 fully saturated rings. The van der Waals surface area contributed by atoms with Crippen molar-refractivity contribution < 1.29 is 19.0 Å². The minimum atomic E-state index is -0.727. The molecule has 30 heavy (non-hydrogen) atoms. The van der Waals surface area contributed by atoms with Crippen LogP contribution in [0.3, 0.4) is 0 Å². The fraction of sp³-hybridized carbons (Fsp3) is 0.136. The molecular weight excluding hydrogens is 424 g/mol. The first-order valence-corrected chi connectivity index (χ1v) is 10.4. The topological polar surface area (TPSA) is 70.5 Å². The third-order valence-electron chi connectivity index (χ3n) is 4.11. The molecule has 8 heteroatoms. The Balaban J connectivity index is 1.34. The average molecular weight is 441 g/mol. The van der Waals surface area contributed by atoms with Gasteiger partial charge in [-0.3, -0.25) is 0 Å². The summed E-state index contributed by atoms with van der Waals surface area (Å²) in [7, 11) is 0. The number of carbonyl (C=O) groups excluding carboxylic acids is 1. The summed E-state index contributed by atoms with van der Waals surface area (Å²) < 4.78 is 16.7. The number of nitrogens with zero attached hydrogens (tertiary/aromatic N) is 2. The number of hydrogen-bond acceptors (Lipinski definition) is 7. The van der Waals surface area contributed by atoms with E-state index in [4.69, 9.17) is 25.8 Å². The highest BCUT2D eigenvalue weighted by Gasteiger charge is 2.16. The fourth-order valence-corrected chi connectivity index (χ4v) is 3.41. The average Bonchev–Trinajstić information content (AvgIpc) is 3.27. The highest BCUT2D eigenvalue weighted by Crippen LogP contribution is 2.25. The molecule has 0 N–H and O–H groups in total. The predicted molar refractivity (Wildman–Crippen MR) is 115 cm³/mol. The molecule has 0 aliphatic heterocycles. The summed E-state index contributed by atoms with van der Waals surface area (Å²) in [5, 5.41) is 2.54. The maximum Gasteiger partial charge on any atom is 0.347 e. The summed E-state index contributed by atoms with van der Waals surface area (Å²) in [6.45, 7) is 1.90. The molecule has 0 saturated heterocycles. The molecule has 0 bridgehead atoms. The fourth-order valence-electron chi connectivity index (χ4n) is 2.63. The molecule has 1 unspecified atom stereocenters. The standard InChI is InChI=1S/C22H17ClN2O4S/c1-14(22(26)27-13-18-3-2-10-30-18)28-16-5-7-17(8-6-16)29-21-12-24-20-11-15(23)4-9-19(20)25-21/h2-12,14H,13H2,1H3. The molecule has 2 aromatic carbocycles. The minimum Gasteiger partial charge on any atom is -0.479 e. The lowest BCUT2D eigenvalue weighted by atomic mass is 10.3. The number of benzene rings is 2. The molecule has 0 radical (unpaired) electrons. The second-order valence-corrected chi connectivity index (χ2v) is 7.83. The summed E-state index contributed by atoms with van der Waals surface area (Å²) >= 11 is 7.50. The smallest absolute Gasteiger partial charge is 0.347 e. The van der Waals surface area contributed by atoms with Crippen molar-refractivity contribution in [1.82, 2.24) is 9.97 Å². The summed E-state index contributed by atoms with van der Waals surface area (Å²) in [6, 6.07) is 16.0. The highest BCUT2D eigenvalue weighted by atomic mass is 35.5. The second kappa shape index (κ2) is 9.11. The zero-order valence-corrected chi connectivity index (χ0v) is 17.5. The number of ether oxygens (including phenoxy) is 3. The van der Waals surface area contributed by atoms with Crippen LogP contribution in [0.15, 0.2) is 66.2 Å². The Bertz CT molecular complexity index is 1150. The minimum absolute atomic E-state index is 0.246. The van der Waals surface area contributed by atoms with Gasteiger partial charge in [0.05, 0.1) is 17.2 Å². The monoisotopic (exact) mass is 440 g/mol. The molecule has 0 amide bonds. The summed E-state index contributed by atoms with van der Waals surface area (Å²) in [6.07, 6.45) is 0.810. The van der Waals surface area contributed by atoms with Gasteiger partial charge in [-0.2, -0.15) is 0 Å². The van der Waals surface area contributed by atoms with Crippen molar-refractivity contribution in [2.45, 2.75) is 19.6 Å². The number of rotatable bonds is 7. The summed E-state index contributed by atoms with van der Waals surface area (Å²) in [5.41, 5.74) is 1.38. The number of thiophene rings is 1. The van der Waals surface area contributed by atoms with Crippen molar-refractivity contribution in [3.63, 3.8) is 0 Å². The van der Waals surface area contributed by atoms with Crippen molar-refractivity contribution in [3.8, 4) is 17.4 Å². The lowest BCUT2D eigenvalue weighted by Gasteiger charge is -2.14. The summed E-state index contributed by atoms with van der Waals surface area (Å²) in [4.78, 5) is 21.8. The highest BCUT2D eigenvalue weighted by molar-refractivity contribution is 7.09. The van der Waals surface area contributed by atoms with E-state index in [0.29, 0.717) is 33.4 Å². The van der Waals surface area contributed by atoms with E-state index in [1.807, 2.05) is 17.5 Å². The van der Waals surface area contributed by atoms with Gasteiger partial charge in [0.2, 0.25) is 5.88 Å². The van der Waals surface area contributed by atoms with Crippen LogP contribution in [0, 0.1) is 0 Å². The van der Waals surface area contributed by atoms with E-state index in [1.54, 1.807) is 49.4 Å². The predicted octanol–water partition coefficient (Wildman–Crippen LogP) is 5.65. The van der Waals surface area contributed by atoms with E-state index >= 15 is 0 Å². The van der Waals surface area contributed by atoms with Crippen molar-refractivity contribution >= 4 is 39.9 Å². The van der Waals surface area contributed by atoms with Crippen molar-refractivity contribution in [3.05, 3.63) is 76.1 Å². The SMILES string of the molecule is CC(Oc1ccc(Oc2cnc3cc(Cl)ccc3n2)cc1)C(=O)OCc1cccs1. The maximum absolute atomic E-state index is 12.1. The summed E-state index contributed by atoms with van der Waals surface area (Å²) in [5.74, 6) is 1.04. The number of aromatic nitrogens is 2. The van der Waals surface area contributed by atoms with Crippen molar-refractivity contribution in [2.75, 3.05) is 0 Å². The quantitative estimate of drug-likeness (QED) is 0.346. The van der Waals surface area contributed by atoms with Gasteiger partial charge in [0.25, 0.3) is 0 Å². The van der Waals surface area contributed by atoms with E-state index in [9.17, 15) is 4.79 Å². The van der Waals surface area contributed by atoms with Gasteiger partial charge in [0.15, 0.2) is 6.10 Å². The molecule has 6 nitrogen and oxygen atoms in total. The Morgan fingerprint density at radius 1 is 1.10 bits per heavy atom. The molecule has 2 heterocycles. The van der Waals surface area contributed by atoms with Crippen LogP contribution in [0.4, 0.5) is 0 Å². The third-order valence-corrected chi connectivity index (χ3v) is 5.19. The number of halogens is 1. The van der Waals surface area contributed by atoms with Gasteiger partial charge >= 0.3 is 5.97 Å². The van der Waals surface area contributed by atoms with E-state index in [2.05, 4.69) is 9.97 Å². The molecule has 152 valence electrons. The van der Waals surface area contributed by atoms with Gasteiger partial charge in [0.1, 0.15) is 18.1 Å². The Labute approximate surface area is 182 Å². The number of esters is 1. The molecule has 0 saturated carbocycles. The van der Waals surface area contributed by atoms with E-state index < -0.39 is 12.1 Å². The Kier molecular flexibility index (Phi) is 6.11. The van der Waals surface area contributed by atoms with Gasteiger partial charge < -0.3 is 14.2 Å². The van der Waals surface area contributed by atoms with Gasteiger partial charge in [-0.25, -0.2) is 14.8 Å². The van der Waals surface area contributed by atoms with Crippen LogP contribution in [0.2, 0.25) is 5.02 Å². The zero-order valence-electron chi connectivity index (χ0n) is 15.9. The third kappa shape index (κ3) is 5.06. The van der Waals surface area contributed by atoms with Crippen LogP contribution < -0.4 is 9.47 Å². The first kappa shape index (κ1) is 20.1. The molecule has 0 aliphatic carbocycles. The van der Waals surface area contributed by atoms with Gasteiger partial charge in [-0.1, -0.05) is 17.7 Å². The Morgan fingerprint density at radius 3 is 2.67 bits per heavy atom. The first-order valence-electron chi connectivity index (χ1n) is 9.13. The van der Waals surface area contributed by atoms with E-state index in [1.165, 1.54) is 17.5 Å². The van der Waals surface area contributed by atoms with E-state index in [0.717, 1.165) is 4.88 Å². The number of carbonyl (C=O) groups is 1. The van der Waals surface area contributed by atoms with Crippen molar-refractivity contribution in [2.24, 2.45) is 0 Å². The Morgan fingerprint density at radius 2 is 1.90 bits per heavy atom. The van der Waals surface area contributed by atoms with Crippen LogP contribution >= 0.6 is 22.9 Å².